The maximum Gasteiger partial charge on any atom is 0.305 e. The summed E-state index contributed by atoms with van der Waals surface area (Å²) in [5.41, 5.74) is 2.89. The molecule has 1 aromatic rings. The highest BCUT2D eigenvalue weighted by atomic mass is 32.2. The second kappa shape index (κ2) is 6.17. The molecule has 0 aliphatic carbocycles. The summed E-state index contributed by atoms with van der Waals surface area (Å²) in [5.74, 6) is -1.43. The largest absolute Gasteiger partial charge is 0.481 e. The first kappa shape index (κ1) is 15.4. The van der Waals surface area contributed by atoms with E-state index in [-0.39, 0.29) is 13.0 Å². The Morgan fingerprint density at radius 1 is 1.38 bits per heavy atom. The Morgan fingerprint density at radius 3 is 2.71 bits per heavy atom. The lowest BCUT2D eigenvalue weighted by atomic mass is 10.1. The Balaban J connectivity index is 2.06. The van der Waals surface area contributed by atoms with Crippen LogP contribution in [0.3, 0.4) is 0 Å². The van der Waals surface area contributed by atoms with Crippen LogP contribution in [0.2, 0.25) is 0 Å². The van der Waals surface area contributed by atoms with E-state index in [2.05, 4.69) is 5.32 Å². The van der Waals surface area contributed by atoms with Crippen LogP contribution >= 0.6 is 11.8 Å². The van der Waals surface area contributed by atoms with Gasteiger partial charge in [0.2, 0.25) is 0 Å². The van der Waals surface area contributed by atoms with E-state index in [4.69, 9.17) is 5.11 Å². The van der Waals surface area contributed by atoms with E-state index >= 15 is 0 Å². The molecule has 0 radical (unpaired) electrons. The van der Waals surface area contributed by atoms with E-state index in [0.717, 1.165) is 33.5 Å². The van der Waals surface area contributed by atoms with Gasteiger partial charge in [-0.3, -0.25) is 19.3 Å². The molecule has 0 bridgehead atoms. The second-order valence-electron chi connectivity index (χ2n) is 4.86. The number of carboxylic acid groups (broad SMARTS) is 1. The number of hydrogen-bond acceptors (Lipinski definition) is 5. The van der Waals surface area contributed by atoms with E-state index in [1.807, 2.05) is 32.0 Å². The van der Waals surface area contributed by atoms with E-state index < -0.39 is 22.5 Å². The van der Waals surface area contributed by atoms with Gasteiger partial charge in [-0.2, -0.15) is 0 Å². The van der Waals surface area contributed by atoms with Gasteiger partial charge in [0.15, 0.2) is 5.37 Å². The standard InChI is InChI=1S/C14H16N2O4S/c1-8-3-4-10(9(2)7-8)15-12-13(19)16(14(20)21-12)6-5-11(17)18/h3-4,7,12,15H,5-6H2,1-2H3,(H,17,18). The highest BCUT2D eigenvalue weighted by molar-refractivity contribution is 8.15. The van der Waals surface area contributed by atoms with Gasteiger partial charge >= 0.3 is 5.97 Å². The van der Waals surface area contributed by atoms with Gasteiger partial charge in [-0.25, -0.2) is 0 Å². The topological polar surface area (TPSA) is 86.7 Å². The molecule has 2 rings (SSSR count). The summed E-state index contributed by atoms with van der Waals surface area (Å²) in [6.45, 7) is 3.80. The van der Waals surface area contributed by atoms with Gasteiger partial charge in [0.1, 0.15) is 0 Å². The van der Waals surface area contributed by atoms with Gasteiger partial charge in [0, 0.05) is 12.2 Å². The first-order valence-corrected chi connectivity index (χ1v) is 7.34. The van der Waals surface area contributed by atoms with Crippen LogP contribution in [0.25, 0.3) is 0 Å². The molecule has 0 spiro atoms. The number of aryl methyl sites for hydroxylation is 2. The summed E-state index contributed by atoms with van der Waals surface area (Å²) in [4.78, 5) is 35.4. The molecule has 1 atom stereocenters. The number of anilines is 1. The summed E-state index contributed by atoms with van der Waals surface area (Å²) in [5, 5.41) is 10.6. The Kier molecular flexibility index (Phi) is 4.52. The van der Waals surface area contributed by atoms with Gasteiger partial charge in [0.05, 0.1) is 6.42 Å². The Labute approximate surface area is 126 Å². The molecule has 6 nitrogen and oxygen atoms in total. The summed E-state index contributed by atoms with van der Waals surface area (Å²) >= 11 is 0.875. The smallest absolute Gasteiger partial charge is 0.305 e. The van der Waals surface area contributed by atoms with Crippen molar-refractivity contribution in [2.45, 2.75) is 25.6 Å². The van der Waals surface area contributed by atoms with Crippen LogP contribution in [-0.2, 0) is 9.59 Å². The first-order chi connectivity index (χ1) is 9.88. The summed E-state index contributed by atoms with van der Waals surface area (Å²) < 4.78 is 0. The molecule has 0 saturated carbocycles. The molecule has 112 valence electrons. The summed E-state index contributed by atoms with van der Waals surface area (Å²) in [6.07, 6.45) is -0.242. The van der Waals surface area contributed by atoms with E-state index in [1.54, 1.807) is 0 Å². The molecule has 1 aliphatic rings. The van der Waals surface area contributed by atoms with Gasteiger partial charge in [-0.1, -0.05) is 17.7 Å². The predicted octanol–water partition coefficient (Wildman–Crippen LogP) is 2.21. The number of carbonyl (C=O) groups is 3. The van der Waals surface area contributed by atoms with Crippen molar-refractivity contribution in [2.75, 3.05) is 11.9 Å². The van der Waals surface area contributed by atoms with Gasteiger partial charge in [0.25, 0.3) is 11.1 Å². The fourth-order valence-electron chi connectivity index (χ4n) is 2.06. The summed E-state index contributed by atoms with van der Waals surface area (Å²) in [6, 6.07) is 5.77. The third kappa shape index (κ3) is 3.55. The van der Waals surface area contributed by atoms with Crippen LogP contribution in [0.5, 0.6) is 0 Å². The molecule has 1 aromatic carbocycles. The van der Waals surface area contributed by atoms with Gasteiger partial charge in [-0.05, 0) is 37.2 Å². The van der Waals surface area contributed by atoms with Crippen molar-refractivity contribution in [3.8, 4) is 0 Å². The number of hydrogen-bond donors (Lipinski definition) is 2. The molecule has 1 heterocycles. The number of nitrogens with one attached hydrogen (secondary N) is 1. The number of rotatable bonds is 5. The number of benzene rings is 1. The van der Waals surface area contributed by atoms with Crippen molar-refractivity contribution in [1.82, 2.24) is 4.90 Å². The molecule has 2 N–H and O–H groups in total. The molecule has 1 aliphatic heterocycles. The second-order valence-corrected chi connectivity index (χ2v) is 5.92. The minimum atomic E-state index is -1.04. The maximum atomic E-state index is 12.1. The molecule has 1 saturated heterocycles. The number of amides is 2. The van der Waals surface area contributed by atoms with Crippen LogP contribution in [0.4, 0.5) is 10.5 Å². The molecule has 2 amide bonds. The van der Waals surface area contributed by atoms with Crippen molar-refractivity contribution in [3.63, 3.8) is 0 Å². The SMILES string of the molecule is Cc1ccc(NC2SC(=O)N(CCC(=O)O)C2=O)c(C)c1. The van der Waals surface area contributed by atoms with Crippen molar-refractivity contribution < 1.29 is 19.5 Å². The zero-order valence-corrected chi connectivity index (χ0v) is 12.6. The Hall–Kier alpha value is -2.02. The van der Waals surface area contributed by atoms with Crippen molar-refractivity contribution in [1.29, 1.82) is 0 Å². The number of carboxylic acids is 1. The van der Waals surface area contributed by atoms with E-state index in [9.17, 15) is 14.4 Å². The van der Waals surface area contributed by atoms with Crippen LogP contribution in [0, 0.1) is 13.8 Å². The van der Waals surface area contributed by atoms with Crippen LogP contribution < -0.4 is 5.32 Å². The van der Waals surface area contributed by atoms with E-state index in [0.29, 0.717) is 0 Å². The van der Waals surface area contributed by atoms with Crippen molar-refractivity contribution >= 4 is 34.6 Å². The molecule has 21 heavy (non-hydrogen) atoms. The zero-order valence-electron chi connectivity index (χ0n) is 11.8. The number of thioether (sulfide) groups is 1. The number of imide groups is 1. The number of aliphatic carboxylic acids is 1. The molecule has 7 heteroatoms. The lowest BCUT2D eigenvalue weighted by Crippen LogP contribution is -2.35. The number of nitrogens with zero attached hydrogens (tertiary/aromatic N) is 1. The lowest BCUT2D eigenvalue weighted by Gasteiger charge is -2.15. The minimum absolute atomic E-state index is 0.0922. The third-order valence-electron chi connectivity index (χ3n) is 3.15. The molecular weight excluding hydrogens is 292 g/mol. The Bertz CT molecular complexity index is 603. The third-order valence-corrected chi connectivity index (χ3v) is 4.12. The average molecular weight is 308 g/mol. The highest BCUT2D eigenvalue weighted by Crippen LogP contribution is 2.29. The quantitative estimate of drug-likeness (QED) is 0.867. The Morgan fingerprint density at radius 2 is 2.10 bits per heavy atom. The number of carbonyl (C=O) groups excluding carboxylic acids is 2. The molecule has 0 aromatic heterocycles. The summed E-state index contributed by atoms with van der Waals surface area (Å²) in [7, 11) is 0. The van der Waals surface area contributed by atoms with Crippen molar-refractivity contribution in [3.05, 3.63) is 29.3 Å². The predicted molar refractivity (Wildman–Crippen MR) is 80.3 cm³/mol. The molecular formula is C14H16N2O4S. The van der Waals surface area contributed by atoms with Crippen LogP contribution in [0.1, 0.15) is 17.5 Å². The maximum absolute atomic E-state index is 12.1. The minimum Gasteiger partial charge on any atom is -0.481 e. The lowest BCUT2D eigenvalue weighted by molar-refractivity contribution is -0.137. The normalized spacial score (nSPS) is 18.2. The van der Waals surface area contributed by atoms with Crippen molar-refractivity contribution in [2.24, 2.45) is 0 Å². The van der Waals surface area contributed by atoms with Crippen LogP contribution in [0.15, 0.2) is 18.2 Å². The molecule has 1 fully saturated rings. The first-order valence-electron chi connectivity index (χ1n) is 6.46. The fourth-order valence-corrected chi connectivity index (χ4v) is 2.99. The fraction of sp³-hybridized carbons (Fsp3) is 0.357. The van der Waals surface area contributed by atoms with Crippen LogP contribution in [-0.4, -0.2) is 39.0 Å². The highest BCUT2D eigenvalue weighted by Gasteiger charge is 2.39. The molecule has 1 unspecified atom stereocenters. The monoisotopic (exact) mass is 308 g/mol. The van der Waals surface area contributed by atoms with E-state index in [1.165, 1.54) is 0 Å². The van der Waals surface area contributed by atoms with Gasteiger partial charge in [-0.15, -0.1) is 0 Å². The average Bonchev–Trinajstić information content (AvgIpc) is 2.65. The van der Waals surface area contributed by atoms with Gasteiger partial charge < -0.3 is 10.4 Å². The zero-order chi connectivity index (χ0) is 15.6.